The van der Waals surface area contributed by atoms with Crippen LogP contribution in [0.25, 0.3) is 5.82 Å². The molecule has 1 N–H and O–H groups in total. The van der Waals surface area contributed by atoms with Gasteiger partial charge < -0.3 is 0 Å². The van der Waals surface area contributed by atoms with Crippen molar-refractivity contribution in [3.05, 3.63) is 58.1 Å². The molecule has 20 heavy (non-hydrogen) atoms. The number of halogens is 4. The van der Waals surface area contributed by atoms with Crippen LogP contribution >= 0.6 is 11.8 Å². The van der Waals surface area contributed by atoms with Crippen LogP contribution in [0.5, 0.6) is 0 Å². The number of alkyl halides is 3. The number of hydrogen-bond donors (Lipinski definition) is 1. The zero-order chi connectivity index (χ0) is 14.8. The monoisotopic (exact) mass is 303 g/mol. The van der Waals surface area contributed by atoms with E-state index in [4.69, 9.17) is 11.8 Å². The molecule has 2 heterocycles. The lowest BCUT2D eigenvalue weighted by molar-refractivity contribution is -0.141. The minimum absolute atomic E-state index is 0.0156. The van der Waals surface area contributed by atoms with E-state index >= 15 is 0 Å². The molecular weight excluding hydrogens is 295 g/mol. The topological polar surface area (TPSA) is 46.9 Å². The van der Waals surface area contributed by atoms with E-state index in [1.54, 1.807) is 0 Å². The van der Waals surface area contributed by atoms with E-state index < -0.39 is 17.4 Å². The number of hydrogen-bond acceptors (Lipinski definition) is 3. The van der Waals surface area contributed by atoms with Crippen molar-refractivity contribution >= 4 is 11.8 Å². The molecular formula is C12H9ClF3N3O. The summed E-state index contributed by atoms with van der Waals surface area (Å²) in [6.45, 7) is 0.0156. The average molecular weight is 304 g/mol. The third-order valence-corrected chi connectivity index (χ3v) is 2.64. The Hall–Kier alpha value is -1.86. The lowest BCUT2D eigenvalue weighted by Gasteiger charge is -2.12. The quantitative estimate of drug-likeness (QED) is 0.886. The van der Waals surface area contributed by atoms with E-state index in [0.717, 1.165) is 10.6 Å². The fourth-order valence-corrected chi connectivity index (χ4v) is 1.79. The van der Waals surface area contributed by atoms with E-state index in [-0.39, 0.29) is 17.9 Å². The smallest absolute Gasteiger partial charge is 0.269 e. The maximum absolute atomic E-state index is 12.8. The van der Waals surface area contributed by atoms with Crippen LogP contribution in [-0.4, -0.2) is 9.55 Å². The standard InChI is InChI=1S/C12H9ClF3N3O/c13-17-7-8-5-9(12(14,15)16)18-10(6-8)19-4-2-1-3-11(19)20/h1-6,17H,7H2. The molecule has 0 aliphatic heterocycles. The Morgan fingerprint density at radius 1 is 1.30 bits per heavy atom. The molecule has 0 fully saturated rings. The predicted octanol–water partition coefficient (Wildman–Crippen LogP) is 2.49. The van der Waals surface area contributed by atoms with E-state index in [0.29, 0.717) is 0 Å². The molecule has 2 aromatic heterocycles. The van der Waals surface area contributed by atoms with Crippen molar-refractivity contribution < 1.29 is 13.2 Å². The van der Waals surface area contributed by atoms with Gasteiger partial charge in [-0.25, -0.2) is 9.82 Å². The summed E-state index contributed by atoms with van der Waals surface area (Å²) in [5, 5.41) is 0. The van der Waals surface area contributed by atoms with Gasteiger partial charge in [0.2, 0.25) is 0 Å². The highest BCUT2D eigenvalue weighted by molar-refractivity contribution is 6.13. The Bertz CT molecular complexity index is 669. The van der Waals surface area contributed by atoms with Crippen LogP contribution in [-0.2, 0) is 12.7 Å². The highest BCUT2D eigenvalue weighted by Gasteiger charge is 2.33. The average Bonchev–Trinajstić information content (AvgIpc) is 2.38. The molecule has 0 atom stereocenters. The minimum Gasteiger partial charge on any atom is -0.269 e. The second kappa shape index (κ2) is 5.64. The van der Waals surface area contributed by atoms with Gasteiger partial charge in [0.25, 0.3) is 5.56 Å². The van der Waals surface area contributed by atoms with E-state index in [1.165, 1.54) is 30.5 Å². The first kappa shape index (κ1) is 14.5. The number of aromatic nitrogens is 2. The highest BCUT2D eigenvalue weighted by atomic mass is 35.5. The van der Waals surface area contributed by atoms with E-state index in [9.17, 15) is 18.0 Å². The van der Waals surface area contributed by atoms with Crippen LogP contribution < -0.4 is 10.4 Å². The van der Waals surface area contributed by atoms with E-state index in [2.05, 4.69) is 9.82 Å². The molecule has 0 saturated carbocycles. The van der Waals surface area contributed by atoms with Crippen LogP contribution in [0, 0.1) is 0 Å². The van der Waals surface area contributed by atoms with Crippen molar-refractivity contribution in [1.29, 1.82) is 0 Å². The fourth-order valence-electron chi connectivity index (χ4n) is 1.64. The fraction of sp³-hybridized carbons (Fsp3) is 0.167. The molecule has 8 heteroatoms. The molecule has 0 saturated heterocycles. The summed E-state index contributed by atoms with van der Waals surface area (Å²) >= 11 is 5.31. The van der Waals surface area contributed by atoms with E-state index in [1.807, 2.05) is 0 Å². The molecule has 106 valence electrons. The molecule has 0 unspecified atom stereocenters. The SMILES string of the molecule is O=c1ccccn1-c1cc(CNCl)cc(C(F)(F)F)n1. The molecule has 0 aliphatic carbocycles. The molecule has 2 rings (SSSR count). The minimum atomic E-state index is -4.60. The van der Waals surface area contributed by atoms with Crippen LogP contribution in [0.3, 0.4) is 0 Å². The van der Waals surface area contributed by atoms with Gasteiger partial charge in [0.1, 0.15) is 11.5 Å². The first-order valence-electron chi connectivity index (χ1n) is 5.51. The Morgan fingerprint density at radius 3 is 2.65 bits per heavy atom. The third-order valence-electron chi connectivity index (χ3n) is 2.50. The normalized spacial score (nSPS) is 11.6. The number of nitrogens with zero attached hydrogens (tertiary/aromatic N) is 2. The lowest BCUT2D eigenvalue weighted by atomic mass is 10.2. The molecule has 2 aromatic rings. The van der Waals surface area contributed by atoms with Gasteiger partial charge in [-0.05, 0) is 35.5 Å². The predicted molar refractivity (Wildman–Crippen MR) is 67.5 cm³/mol. The van der Waals surface area contributed by atoms with Gasteiger partial charge in [0, 0.05) is 18.8 Å². The first-order chi connectivity index (χ1) is 9.41. The van der Waals surface area contributed by atoms with Crippen molar-refractivity contribution in [2.45, 2.75) is 12.7 Å². The van der Waals surface area contributed by atoms with Crippen molar-refractivity contribution in [2.75, 3.05) is 0 Å². The van der Waals surface area contributed by atoms with Gasteiger partial charge in [-0.3, -0.25) is 9.36 Å². The van der Waals surface area contributed by atoms with Gasteiger partial charge in [-0.1, -0.05) is 6.07 Å². The molecule has 0 spiro atoms. The molecule has 0 aromatic carbocycles. The van der Waals surface area contributed by atoms with Gasteiger partial charge >= 0.3 is 6.18 Å². The van der Waals surface area contributed by atoms with Crippen molar-refractivity contribution in [1.82, 2.24) is 14.4 Å². The maximum atomic E-state index is 12.8. The zero-order valence-electron chi connectivity index (χ0n) is 9.99. The van der Waals surface area contributed by atoms with Gasteiger partial charge in [-0.15, -0.1) is 0 Å². The second-order valence-corrected chi connectivity index (χ2v) is 4.20. The largest absolute Gasteiger partial charge is 0.433 e. The van der Waals surface area contributed by atoms with Crippen LogP contribution in [0.1, 0.15) is 11.3 Å². The molecule has 0 aliphatic rings. The Morgan fingerprint density at radius 2 is 2.05 bits per heavy atom. The summed E-state index contributed by atoms with van der Waals surface area (Å²) < 4.78 is 39.4. The summed E-state index contributed by atoms with van der Waals surface area (Å²) in [4.78, 5) is 17.4. The first-order valence-corrected chi connectivity index (χ1v) is 5.89. The molecule has 0 bridgehead atoms. The molecule has 4 nitrogen and oxygen atoms in total. The number of nitrogens with one attached hydrogen (secondary N) is 1. The summed E-state index contributed by atoms with van der Waals surface area (Å²) in [7, 11) is 0. The summed E-state index contributed by atoms with van der Waals surface area (Å²) in [5.41, 5.74) is -1.27. The zero-order valence-corrected chi connectivity index (χ0v) is 10.7. The second-order valence-electron chi connectivity index (χ2n) is 3.94. The Balaban J connectivity index is 2.61. The molecule has 0 amide bonds. The highest BCUT2D eigenvalue weighted by Crippen LogP contribution is 2.29. The third kappa shape index (κ3) is 3.17. The van der Waals surface area contributed by atoms with Crippen LogP contribution in [0.15, 0.2) is 41.3 Å². The van der Waals surface area contributed by atoms with Crippen molar-refractivity contribution in [3.63, 3.8) is 0 Å². The van der Waals surface area contributed by atoms with Gasteiger partial charge in [0.15, 0.2) is 0 Å². The maximum Gasteiger partial charge on any atom is 0.433 e. The van der Waals surface area contributed by atoms with Crippen LogP contribution in [0.2, 0.25) is 0 Å². The summed E-state index contributed by atoms with van der Waals surface area (Å²) in [6, 6.07) is 6.51. The van der Waals surface area contributed by atoms with Gasteiger partial charge in [0.05, 0.1) is 0 Å². The number of rotatable bonds is 3. The lowest BCUT2D eigenvalue weighted by Crippen LogP contribution is -2.19. The van der Waals surface area contributed by atoms with Crippen molar-refractivity contribution in [3.8, 4) is 5.82 Å². The summed E-state index contributed by atoms with van der Waals surface area (Å²) in [6.07, 6.45) is -3.25. The Kier molecular flexibility index (Phi) is 4.10. The van der Waals surface area contributed by atoms with Crippen molar-refractivity contribution in [2.24, 2.45) is 0 Å². The van der Waals surface area contributed by atoms with Crippen LogP contribution in [0.4, 0.5) is 13.2 Å². The summed E-state index contributed by atoms with van der Waals surface area (Å²) in [5.74, 6) is -0.104. The molecule has 0 radical (unpaired) electrons. The Labute approximate surface area is 116 Å². The van der Waals surface area contributed by atoms with Gasteiger partial charge in [-0.2, -0.15) is 13.2 Å². The number of pyridine rings is 2.